The lowest BCUT2D eigenvalue weighted by molar-refractivity contribution is 0.0759. The molecule has 0 saturated heterocycles. The summed E-state index contributed by atoms with van der Waals surface area (Å²) in [5, 5.41) is 4.53. The number of ether oxygens (including phenoxy) is 2. The standard InChI is InChI=1S/C18H15Cl2N3O4S/c19-12-5-6-15(20)18(7-12)28(24,25)22-13-8-21-23(9-13)10-14-11-26-16-3-1-2-4-17(16)27-14/h1-9,14,22H,10-11H2/t14-/m0/s1. The molecule has 1 N–H and O–H groups in total. The molecule has 2 aromatic carbocycles. The minimum Gasteiger partial charge on any atom is -0.486 e. The van der Waals surface area contributed by atoms with Gasteiger partial charge in [0.2, 0.25) is 0 Å². The Morgan fingerprint density at radius 2 is 1.96 bits per heavy atom. The van der Waals surface area contributed by atoms with Gasteiger partial charge in [-0.2, -0.15) is 5.10 Å². The van der Waals surface area contributed by atoms with Gasteiger partial charge in [0.05, 0.1) is 23.5 Å². The summed E-state index contributed by atoms with van der Waals surface area (Å²) in [6, 6.07) is 11.7. The SMILES string of the molecule is O=S(=O)(Nc1cnn(C[C@H]2COc3ccccc3O2)c1)c1cc(Cl)ccc1Cl. The monoisotopic (exact) mass is 439 g/mol. The second kappa shape index (κ2) is 7.54. The molecular formula is C18H15Cl2N3O4S. The average Bonchev–Trinajstić information content (AvgIpc) is 3.09. The van der Waals surface area contributed by atoms with Gasteiger partial charge in [0.15, 0.2) is 17.6 Å². The van der Waals surface area contributed by atoms with Crippen molar-refractivity contribution >= 4 is 38.9 Å². The zero-order valence-corrected chi connectivity index (χ0v) is 16.7. The topological polar surface area (TPSA) is 82.5 Å². The maximum absolute atomic E-state index is 12.6. The Hall–Kier alpha value is -2.42. The van der Waals surface area contributed by atoms with Crippen molar-refractivity contribution < 1.29 is 17.9 Å². The van der Waals surface area contributed by atoms with Crippen molar-refractivity contribution in [3.05, 3.63) is 64.9 Å². The number of sulfonamides is 1. The van der Waals surface area contributed by atoms with E-state index in [2.05, 4.69) is 9.82 Å². The first-order chi connectivity index (χ1) is 13.4. The molecule has 1 aromatic heterocycles. The molecule has 0 radical (unpaired) electrons. The van der Waals surface area contributed by atoms with Gasteiger partial charge in [-0.25, -0.2) is 8.42 Å². The first kappa shape index (κ1) is 18.9. The number of nitrogens with one attached hydrogen (secondary N) is 1. The normalized spacial score (nSPS) is 16.0. The molecule has 146 valence electrons. The molecule has 0 saturated carbocycles. The fourth-order valence-electron chi connectivity index (χ4n) is 2.77. The number of aromatic nitrogens is 2. The molecule has 1 atom stereocenters. The van der Waals surface area contributed by atoms with Crippen molar-refractivity contribution in [2.24, 2.45) is 0 Å². The van der Waals surface area contributed by atoms with E-state index in [0.717, 1.165) is 0 Å². The zero-order chi connectivity index (χ0) is 19.7. The van der Waals surface area contributed by atoms with E-state index < -0.39 is 10.0 Å². The highest BCUT2D eigenvalue weighted by Crippen LogP contribution is 2.31. The predicted octanol–water partition coefficient (Wildman–Crippen LogP) is 3.83. The minimum absolute atomic E-state index is 0.0794. The van der Waals surface area contributed by atoms with Crippen molar-refractivity contribution in [2.75, 3.05) is 11.3 Å². The van der Waals surface area contributed by atoms with E-state index in [0.29, 0.717) is 30.3 Å². The van der Waals surface area contributed by atoms with Gasteiger partial charge >= 0.3 is 0 Å². The van der Waals surface area contributed by atoms with Crippen LogP contribution in [0.5, 0.6) is 11.5 Å². The fourth-order valence-corrected chi connectivity index (χ4v) is 4.56. The number of rotatable bonds is 5. The summed E-state index contributed by atoms with van der Waals surface area (Å²) in [6.07, 6.45) is 2.73. The summed E-state index contributed by atoms with van der Waals surface area (Å²) in [5.74, 6) is 1.37. The van der Waals surface area contributed by atoms with Gasteiger partial charge in [-0.3, -0.25) is 9.40 Å². The number of fused-ring (bicyclic) bond motifs is 1. The van der Waals surface area contributed by atoms with Crippen LogP contribution in [0.25, 0.3) is 0 Å². The Bertz CT molecular complexity index is 1120. The largest absolute Gasteiger partial charge is 0.486 e. The van der Waals surface area contributed by atoms with Crippen molar-refractivity contribution in [3.63, 3.8) is 0 Å². The quantitative estimate of drug-likeness (QED) is 0.652. The summed E-state index contributed by atoms with van der Waals surface area (Å²) in [5.41, 5.74) is 0.299. The molecule has 0 bridgehead atoms. The van der Waals surface area contributed by atoms with Gasteiger partial charge in [-0.1, -0.05) is 35.3 Å². The number of anilines is 1. The summed E-state index contributed by atoms with van der Waals surface area (Å²) in [4.78, 5) is -0.102. The van der Waals surface area contributed by atoms with Gasteiger partial charge in [0.1, 0.15) is 11.5 Å². The highest BCUT2D eigenvalue weighted by Gasteiger charge is 2.22. The number of halogens is 2. The molecule has 7 nitrogen and oxygen atoms in total. The maximum atomic E-state index is 12.6. The summed E-state index contributed by atoms with van der Waals surface area (Å²) < 4.78 is 40.7. The molecular weight excluding hydrogens is 425 g/mol. The molecule has 0 amide bonds. The third-order valence-corrected chi connectivity index (χ3v) is 6.12. The van der Waals surface area contributed by atoms with Crippen LogP contribution in [0.4, 0.5) is 5.69 Å². The Kier molecular flexibility index (Phi) is 5.09. The van der Waals surface area contributed by atoms with Crippen LogP contribution in [0.3, 0.4) is 0 Å². The van der Waals surface area contributed by atoms with Crippen molar-refractivity contribution in [1.29, 1.82) is 0 Å². The Morgan fingerprint density at radius 3 is 2.79 bits per heavy atom. The average molecular weight is 440 g/mol. The first-order valence-electron chi connectivity index (χ1n) is 8.29. The maximum Gasteiger partial charge on any atom is 0.263 e. The third-order valence-electron chi connectivity index (χ3n) is 4.03. The number of benzene rings is 2. The number of hydrogen-bond acceptors (Lipinski definition) is 5. The second-order valence-corrected chi connectivity index (χ2v) is 8.62. The van der Waals surface area contributed by atoms with E-state index >= 15 is 0 Å². The van der Waals surface area contributed by atoms with Crippen molar-refractivity contribution in [1.82, 2.24) is 9.78 Å². The third kappa shape index (κ3) is 4.04. The molecule has 2 heterocycles. The number of hydrogen-bond donors (Lipinski definition) is 1. The minimum atomic E-state index is -3.90. The van der Waals surface area contributed by atoms with E-state index in [1.807, 2.05) is 24.3 Å². The van der Waals surface area contributed by atoms with Crippen LogP contribution in [-0.4, -0.2) is 30.9 Å². The van der Waals surface area contributed by atoms with Crippen molar-refractivity contribution in [3.8, 4) is 11.5 Å². The van der Waals surface area contributed by atoms with Gasteiger partial charge in [-0.15, -0.1) is 0 Å². The Labute approximate surface area is 171 Å². The lowest BCUT2D eigenvalue weighted by Gasteiger charge is -2.26. The predicted molar refractivity (Wildman–Crippen MR) is 106 cm³/mol. The molecule has 28 heavy (non-hydrogen) atoms. The molecule has 0 aliphatic carbocycles. The molecule has 1 aliphatic heterocycles. The van der Waals surface area contributed by atoms with Crippen LogP contribution in [0, 0.1) is 0 Å². The molecule has 1 aliphatic rings. The Morgan fingerprint density at radius 1 is 1.18 bits per heavy atom. The molecule has 3 aromatic rings. The Balaban J connectivity index is 1.46. The summed E-state index contributed by atoms with van der Waals surface area (Å²) in [7, 11) is -3.90. The smallest absolute Gasteiger partial charge is 0.263 e. The highest BCUT2D eigenvalue weighted by molar-refractivity contribution is 7.92. The number of nitrogens with zero attached hydrogens (tertiary/aromatic N) is 2. The van der Waals surface area contributed by atoms with E-state index in [1.165, 1.54) is 24.4 Å². The first-order valence-corrected chi connectivity index (χ1v) is 10.5. The molecule has 0 fully saturated rings. The summed E-state index contributed by atoms with van der Waals surface area (Å²) in [6.45, 7) is 0.768. The van der Waals surface area contributed by atoms with Crippen LogP contribution < -0.4 is 14.2 Å². The molecule has 10 heteroatoms. The zero-order valence-electron chi connectivity index (χ0n) is 14.4. The summed E-state index contributed by atoms with van der Waals surface area (Å²) >= 11 is 11.9. The van der Waals surface area contributed by atoms with Gasteiger partial charge in [0.25, 0.3) is 10.0 Å². The van der Waals surface area contributed by atoms with E-state index in [-0.39, 0.29) is 21.0 Å². The van der Waals surface area contributed by atoms with Gasteiger partial charge in [0, 0.05) is 11.2 Å². The van der Waals surface area contributed by atoms with Crippen LogP contribution in [-0.2, 0) is 16.6 Å². The van der Waals surface area contributed by atoms with Gasteiger partial charge < -0.3 is 9.47 Å². The van der Waals surface area contributed by atoms with E-state index in [4.69, 9.17) is 32.7 Å². The van der Waals surface area contributed by atoms with Crippen LogP contribution in [0.2, 0.25) is 10.0 Å². The van der Waals surface area contributed by atoms with E-state index in [1.54, 1.807) is 10.9 Å². The lowest BCUT2D eigenvalue weighted by atomic mass is 10.2. The second-order valence-electron chi connectivity index (χ2n) is 6.13. The number of para-hydroxylation sites is 2. The molecule has 4 rings (SSSR count). The lowest BCUT2D eigenvalue weighted by Crippen LogP contribution is -2.33. The molecule has 0 spiro atoms. The fraction of sp³-hybridized carbons (Fsp3) is 0.167. The van der Waals surface area contributed by atoms with E-state index in [9.17, 15) is 8.42 Å². The van der Waals surface area contributed by atoms with Crippen LogP contribution in [0.15, 0.2) is 59.8 Å². The van der Waals surface area contributed by atoms with Crippen molar-refractivity contribution in [2.45, 2.75) is 17.5 Å². The van der Waals surface area contributed by atoms with Gasteiger partial charge in [-0.05, 0) is 30.3 Å². The molecule has 0 unspecified atom stereocenters. The highest BCUT2D eigenvalue weighted by atomic mass is 35.5. The van der Waals surface area contributed by atoms with Crippen LogP contribution in [0.1, 0.15) is 0 Å². The van der Waals surface area contributed by atoms with Crippen LogP contribution >= 0.6 is 23.2 Å².